The monoisotopic (exact) mass is 485 g/mol. The van der Waals surface area contributed by atoms with Crippen LogP contribution in [0.2, 0.25) is 0 Å². The van der Waals surface area contributed by atoms with E-state index in [-0.39, 0.29) is 12.5 Å². The molecular formula is C27H23N3O4S. The number of thiophene rings is 1. The molecule has 3 aromatic carbocycles. The summed E-state index contributed by atoms with van der Waals surface area (Å²) in [5.41, 5.74) is 1.50. The van der Waals surface area contributed by atoms with E-state index < -0.39 is 11.2 Å². The van der Waals surface area contributed by atoms with Crippen LogP contribution in [-0.4, -0.2) is 21.6 Å². The van der Waals surface area contributed by atoms with Crippen molar-refractivity contribution in [3.63, 3.8) is 0 Å². The molecule has 0 spiro atoms. The van der Waals surface area contributed by atoms with Gasteiger partial charge in [-0.25, -0.2) is 9.36 Å². The van der Waals surface area contributed by atoms with Gasteiger partial charge in [0.25, 0.3) is 5.56 Å². The first-order chi connectivity index (χ1) is 17.0. The average molecular weight is 486 g/mol. The molecule has 0 unspecified atom stereocenters. The average Bonchev–Trinajstić information content (AvgIpc) is 3.25. The van der Waals surface area contributed by atoms with Crippen molar-refractivity contribution in [2.24, 2.45) is 0 Å². The molecule has 2 aromatic heterocycles. The summed E-state index contributed by atoms with van der Waals surface area (Å²) in [6.07, 6.45) is 0. The lowest BCUT2D eigenvalue weighted by Gasteiger charge is -2.14. The predicted molar refractivity (Wildman–Crippen MR) is 140 cm³/mol. The highest BCUT2D eigenvalue weighted by atomic mass is 32.1. The largest absolute Gasteiger partial charge is 0.494 e. The third-order valence-corrected chi connectivity index (χ3v) is 6.93. The van der Waals surface area contributed by atoms with E-state index in [0.29, 0.717) is 33.9 Å². The number of anilines is 1. The molecule has 8 heteroatoms. The van der Waals surface area contributed by atoms with Crippen molar-refractivity contribution in [2.75, 3.05) is 11.9 Å². The highest BCUT2D eigenvalue weighted by Gasteiger charge is 2.21. The summed E-state index contributed by atoms with van der Waals surface area (Å²) in [5.74, 6) is 0.292. The molecule has 1 amide bonds. The number of nitrogens with one attached hydrogen (secondary N) is 1. The minimum absolute atomic E-state index is 0.234. The topological polar surface area (TPSA) is 82.3 Å². The number of hydrogen-bond donors (Lipinski definition) is 1. The first-order valence-electron chi connectivity index (χ1n) is 11.2. The number of benzene rings is 3. The molecular weight excluding hydrogens is 462 g/mol. The molecule has 5 rings (SSSR count). The summed E-state index contributed by atoms with van der Waals surface area (Å²) in [5, 5.41) is 3.65. The first-order valence-corrected chi connectivity index (χ1v) is 12.1. The second-order valence-electron chi connectivity index (χ2n) is 8.08. The van der Waals surface area contributed by atoms with Gasteiger partial charge in [-0.2, -0.15) is 0 Å². The molecule has 0 bridgehead atoms. The second kappa shape index (κ2) is 9.23. The fourth-order valence-electron chi connectivity index (χ4n) is 4.13. The van der Waals surface area contributed by atoms with Crippen molar-refractivity contribution in [3.8, 4) is 11.4 Å². The number of amides is 1. The Bertz CT molecular complexity index is 1680. The molecule has 5 aromatic rings. The lowest BCUT2D eigenvalue weighted by atomic mass is 10.2. The smallest absolute Gasteiger partial charge is 0.336 e. The Morgan fingerprint density at radius 3 is 2.43 bits per heavy atom. The number of ether oxygens (including phenoxy) is 1. The third kappa shape index (κ3) is 4.13. The van der Waals surface area contributed by atoms with Crippen molar-refractivity contribution in [2.45, 2.75) is 20.4 Å². The molecule has 0 saturated heterocycles. The Balaban J connectivity index is 1.69. The highest BCUT2D eigenvalue weighted by molar-refractivity contribution is 7.25. The molecule has 2 heterocycles. The summed E-state index contributed by atoms with van der Waals surface area (Å²) >= 11 is 1.32. The molecule has 0 aliphatic rings. The summed E-state index contributed by atoms with van der Waals surface area (Å²) in [7, 11) is 0. The van der Waals surface area contributed by atoms with Gasteiger partial charge in [-0.3, -0.25) is 14.2 Å². The van der Waals surface area contributed by atoms with Crippen molar-refractivity contribution in [3.05, 3.63) is 99.2 Å². The normalized spacial score (nSPS) is 11.1. The van der Waals surface area contributed by atoms with Gasteiger partial charge in [0, 0.05) is 15.8 Å². The standard InChI is InChI=1S/C27H23N3O4S/c1-3-34-19-14-12-18(13-15-19)30-26(32)25-24(20-9-5-7-11-22(20)35-25)29(27(30)33)16-23(31)28-21-10-6-4-8-17(21)2/h4-15H,3,16H2,1-2H3,(H,28,31). The van der Waals surface area contributed by atoms with Crippen LogP contribution in [0.4, 0.5) is 5.69 Å². The van der Waals surface area contributed by atoms with E-state index >= 15 is 0 Å². The van der Waals surface area contributed by atoms with Gasteiger partial charge in [0.1, 0.15) is 17.0 Å². The van der Waals surface area contributed by atoms with Gasteiger partial charge in [0.05, 0.1) is 17.8 Å². The quantitative estimate of drug-likeness (QED) is 0.378. The highest BCUT2D eigenvalue weighted by Crippen LogP contribution is 2.31. The number of aryl methyl sites for hydroxylation is 1. The van der Waals surface area contributed by atoms with Crippen molar-refractivity contribution < 1.29 is 9.53 Å². The Hall–Kier alpha value is -4.17. The van der Waals surface area contributed by atoms with E-state index in [0.717, 1.165) is 20.2 Å². The maximum atomic E-state index is 13.7. The molecule has 7 nitrogen and oxygen atoms in total. The zero-order valence-corrected chi connectivity index (χ0v) is 20.1. The van der Waals surface area contributed by atoms with E-state index in [9.17, 15) is 14.4 Å². The fraction of sp³-hybridized carbons (Fsp3) is 0.148. The number of hydrogen-bond acceptors (Lipinski definition) is 5. The van der Waals surface area contributed by atoms with Crippen LogP contribution in [0.1, 0.15) is 12.5 Å². The Kier molecular flexibility index (Phi) is 5.96. The number of nitrogens with zero attached hydrogens (tertiary/aromatic N) is 2. The first kappa shape index (κ1) is 22.6. The summed E-state index contributed by atoms with van der Waals surface area (Å²) in [6, 6.07) is 21.7. The molecule has 0 aliphatic carbocycles. The van der Waals surface area contributed by atoms with E-state index in [2.05, 4.69) is 5.32 Å². The van der Waals surface area contributed by atoms with Gasteiger partial charge in [0.2, 0.25) is 5.91 Å². The molecule has 35 heavy (non-hydrogen) atoms. The van der Waals surface area contributed by atoms with E-state index in [1.807, 2.05) is 62.4 Å². The van der Waals surface area contributed by atoms with Crippen LogP contribution < -0.4 is 21.3 Å². The molecule has 0 saturated carbocycles. The van der Waals surface area contributed by atoms with E-state index in [1.165, 1.54) is 15.9 Å². The van der Waals surface area contributed by atoms with Gasteiger partial charge in [0.15, 0.2) is 0 Å². The maximum Gasteiger partial charge on any atom is 0.336 e. The Morgan fingerprint density at radius 2 is 1.69 bits per heavy atom. The summed E-state index contributed by atoms with van der Waals surface area (Å²) in [4.78, 5) is 40.3. The van der Waals surface area contributed by atoms with Gasteiger partial charge in [-0.05, 0) is 55.8 Å². The van der Waals surface area contributed by atoms with E-state index in [1.54, 1.807) is 24.3 Å². The van der Waals surface area contributed by atoms with Crippen LogP contribution in [0.25, 0.3) is 26.0 Å². The minimum Gasteiger partial charge on any atom is -0.494 e. The second-order valence-corrected chi connectivity index (χ2v) is 9.13. The Morgan fingerprint density at radius 1 is 0.971 bits per heavy atom. The SMILES string of the molecule is CCOc1ccc(-n2c(=O)c3sc4ccccc4c3n(CC(=O)Nc3ccccc3C)c2=O)cc1. The van der Waals surface area contributed by atoms with Crippen LogP contribution >= 0.6 is 11.3 Å². The number of para-hydroxylation sites is 1. The molecule has 176 valence electrons. The van der Waals surface area contributed by atoms with Crippen LogP contribution in [0.3, 0.4) is 0 Å². The molecule has 1 N–H and O–H groups in total. The number of rotatable bonds is 6. The lowest BCUT2D eigenvalue weighted by Crippen LogP contribution is -2.40. The molecule has 0 atom stereocenters. The van der Waals surface area contributed by atoms with Crippen LogP contribution in [-0.2, 0) is 11.3 Å². The van der Waals surface area contributed by atoms with Crippen molar-refractivity contribution >= 4 is 43.2 Å². The number of fused-ring (bicyclic) bond motifs is 3. The zero-order valence-electron chi connectivity index (χ0n) is 19.3. The van der Waals surface area contributed by atoms with Crippen LogP contribution in [0.5, 0.6) is 5.75 Å². The fourth-order valence-corrected chi connectivity index (χ4v) is 5.27. The van der Waals surface area contributed by atoms with Crippen LogP contribution in [0.15, 0.2) is 82.4 Å². The number of carbonyl (C=O) groups excluding carboxylic acids is 1. The number of aromatic nitrogens is 2. The van der Waals surface area contributed by atoms with Gasteiger partial charge < -0.3 is 10.1 Å². The minimum atomic E-state index is -0.574. The van der Waals surface area contributed by atoms with Gasteiger partial charge >= 0.3 is 5.69 Å². The summed E-state index contributed by atoms with van der Waals surface area (Å²) < 4.78 is 9.29. The predicted octanol–water partition coefficient (Wildman–Crippen LogP) is 4.71. The van der Waals surface area contributed by atoms with Crippen molar-refractivity contribution in [1.29, 1.82) is 0 Å². The van der Waals surface area contributed by atoms with E-state index in [4.69, 9.17) is 4.74 Å². The third-order valence-electron chi connectivity index (χ3n) is 5.79. The maximum absolute atomic E-state index is 13.7. The zero-order chi connectivity index (χ0) is 24.5. The number of carbonyl (C=O) groups is 1. The van der Waals surface area contributed by atoms with Gasteiger partial charge in [-0.15, -0.1) is 11.3 Å². The van der Waals surface area contributed by atoms with Crippen LogP contribution in [0, 0.1) is 6.92 Å². The molecule has 0 fully saturated rings. The Labute approximate surface area is 204 Å². The van der Waals surface area contributed by atoms with Gasteiger partial charge in [-0.1, -0.05) is 36.4 Å². The molecule has 0 radical (unpaired) electrons. The summed E-state index contributed by atoms with van der Waals surface area (Å²) in [6.45, 7) is 4.06. The molecule has 0 aliphatic heterocycles. The lowest BCUT2D eigenvalue weighted by molar-refractivity contribution is -0.116. The van der Waals surface area contributed by atoms with Crippen molar-refractivity contribution in [1.82, 2.24) is 9.13 Å².